The van der Waals surface area contributed by atoms with Crippen LogP contribution in [-0.4, -0.2) is 28.6 Å². The first-order chi connectivity index (χ1) is 5.78. The minimum absolute atomic E-state index is 0. The predicted octanol–water partition coefficient (Wildman–Crippen LogP) is -11.2. The van der Waals surface area contributed by atoms with Gasteiger partial charge in [0, 0.05) is 24.8 Å². The van der Waals surface area contributed by atoms with Gasteiger partial charge < -0.3 is 34.8 Å². The maximum absolute atomic E-state index is 10.1. The second-order valence-electron chi connectivity index (χ2n) is 2.42. The summed E-state index contributed by atoms with van der Waals surface area (Å²) in [6.45, 7) is 0. The molecule has 0 aliphatic rings. The van der Waals surface area contributed by atoms with Crippen LogP contribution in [0.3, 0.4) is 0 Å². The zero-order chi connectivity index (χ0) is 10.6. The van der Waals surface area contributed by atoms with Crippen LogP contribution in [0.15, 0.2) is 0 Å². The van der Waals surface area contributed by atoms with E-state index in [2.05, 4.69) is 0 Å². The van der Waals surface area contributed by atoms with Gasteiger partial charge in [0.15, 0.2) is 0 Å². The van der Waals surface area contributed by atoms with E-state index in [1.807, 2.05) is 0 Å². The summed E-state index contributed by atoms with van der Waals surface area (Å²) >= 11 is 0. The third kappa shape index (κ3) is 10.1. The Labute approximate surface area is 146 Å². The minimum Gasteiger partial charge on any atom is -0.550 e. The molecular weight excluding hydrogens is 294 g/mol. The van der Waals surface area contributed by atoms with Crippen molar-refractivity contribution in [3.05, 3.63) is 0 Å². The van der Waals surface area contributed by atoms with Gasteiger partial charge in [-0.25, -0.2) is 0 Å². The Hall–Kier alpha value is 0.889. The number of aliphatic hydroxyl groups is 1. The number of carboxylic acid groups (broad SMARTS) is 3. The van der Waals surface area contributed by atoms with Crippen LogP contribution in [0.25, 0.3) is 0 Å². The molecule has 0 aromatic heterocycles. The van der Waals surface area contributed by atoms with Crippen LogP contribution in [0.2, 0.25) is 0 Å². The van der Waals surface area contributed by atoms with E-state index in [9.17, 15) is 29.7 Å². The van der Waals surface area contributed by atoms with E-state index >= 15 is 0 Å². The van der Waals surface area contributed by atoms with Crippen LogP contribution in [0.4, 0.5) is 0 Å². The van der Waals surface area contributed by atoms with E-state index in [0.717, 1.165) is 0 Å². The Morgan fingerprint density at radius 2 is 1.19 bits per heavy atom. The van der Waals surface area contributed by atoms with E-state index < -0.39 is 36.4 Å². The Kier molecular flexibility index (Phi) is 17.7. The van der Waals surface area contributed by atoms with Gasteiger partial charge in [0.2, 0.25) is 0 Å². The second-order valence-corrected chi connectivity index (χ2v) is 2.42. The summed E-state index contributed by atoms with van der Waals surface area (Å²) in [6, 6.07) is 0. The second kappa shape index (κ2) is 11.0. The van der Waals surface area contributed by atoms with E-state index in [0.29, 0.717) is 0 Å². The van der Waals surface area contributed by atoms with Gasteiger partial charge in [-0.1, -0.05) is 0 Å². The fourth-order valence-corrected chi connectivity index (χ4v) is 0.684. The van der Waals surface area contributed by atoms with Gasteiger partial charge in [0.1, 0.15) is 5.60 Å². The fourth-order valence-electron chi connectivity index (χ4n) is 0.684. The fraction of sp³-hybridized carbons (Fsp3) is 0.500. The first-order valence-corrected chi connectivity index (χ1v) is 3.11. The molecule has 7 nitrogen and oxygen atoms in total. The number of rotatable bonds is 5. The van der Waals surface area contributed by atoms with Crippen LogP contribution in [0, 0.1) is 0 Å². The molecule has 16 heavy (non-hydrogen) atoms. The molecule has 0 atom stereocenters. The van der Waals surface area contributed by atoms with Gasteiger partial charge >= 0.3 is 76.2 Å². The first kappa shape index (κ1) is 25.7. The summed E-state index contributed by atoms with van der Waals surface area (Å²) in [7, 11) is 0. The van der Waals surface area contributed by atoms with Crippen molar-refractivity contribution in [3.63, 3.8) is 0 Å². The molecule has 0 saturated carbocycles. The van der Waals surface area contributed by atoms with Gasteiger partial charge in [-0.15, -0.1) is 0 Å². The molecule has 0 fully saturated rings. The maximum atomic E-state index is 10.1. The summed E-state index contributed by atoms with van der Waals surface area (Å²) in [5.41, 5.74) is -2.97. The minimum atomic E-state index is -2.97. The normalized spacial score (nSPS) is 8.81. The topological polar surface area (TPSA) is 141 Å². The van der Waals surface area contributed by atoms with Crippen LogP contribution in [0.1, 0.15) is 12.8 Å². The Balaban J connectivity index is -0.000000240. The average Bonchev–Trinajstić information content (AvgIpc) is 1.82. The molecule has 0 heterocycles. The van der Waals surface area contributed by atoms with Crippen LogP contribution < -0.4 is 74.4 Å². The van der Waals surface area contributed by atoms with E-state index in [1.165, 1.54) is 0 Å². The molecule has 0 aromatic rings. The zero-order valence-electron chi connectivity index (χ0n) is 8.61. The number of carbonyl (C=O) groups is 3. The summed E-state index contributed by atoms with van der Waals surface area (Å²) in [5.74, 6) is -5.98. The van der Waals surface area contributed by atoms with Crippen LogP contribution >= 0.6 is 0 Å². The number of carbonyl (C=O) groups excluding carboxylic acids is 3. The van der Waals surface area contributed by atoms with Crippen molar-refractivity contribution in [2.75, 3.05) is 0 Å². The first-order valence-electron chi connectivity index (χ1n) is 3.11. The number of aliphatic carboxylic acids is 3. The molecule has 0 rings (SSSR count). The molecule has 0 spiro atoms. The molecule has 0 bridgehead atoms. The van der Waals surface area contributed by atoms with Crippen LogP contribution in [0.5, 0.6) is 0 Å². The van der Waals surface area contributed by atoms with E-state index in [1.54, 1.807) is 0 Å². The molecular formula is C6H5CuNa2O7+. The van der Waals surface area contributed by atoms with E-state index in [-0.39, 0.29) is 76.2 Å². The molecule has 0 aliphatic carbocycles. The Bertz CT molecular complexity index is 241. The Morgan fingerprint density at radius 1 is 0.938 bits per heavy atom. The van der Waals surface area contributed by atoms with Crippen molar-refractivity contribution in [1.29, 1.82) is 0 Å². The smallest absolute Gasteiger partial charge is 0.550 e. The van der Waals surface area contributed by atoms with Crippen molar-refractivity contribution >= 4 is 17.9 Å². The van der Waals surface area contributed by atoms with Crippen molar-refractivity contribution < 1.29 is 111 Å². The molecule has 0 aliphatic heterocycles. The van der Waals surface area contributed by atoms with Crippen molar-refractivity contribution in [1.82, 2.24) is 0 Å². The van der Waals surface area contributed by atoms with Gasteiger partial charge in [-0.3, -0.25) is 0 Å². The number of hydrogen-bond acceptors (Lipinski definition) is 7. The third-order valence-electron chi connectivity index (χ3n) is 1.25. The maximum Gasteiger partial charge on any atom is 2.00 e. The Morgan fingerprint density at radius 3 is 1.31 bits per heavy atom. The monoisotopic (exact) mass is 298 g/mol. The molecule has 0 aromatic carbocycles. The van der Waals surface area contributed by atoms with Crippen molar-refractivity contribution in [2.45, 2.75) is 18.4 Å². The molecule has 83 valence electrons. The number of carboxylic acids is 3. The third-order valence-corrected chi connectivity index (χ3v) is 1.25. The van der Waals surface area contributed by atoms with Gasteiger partial charge in [-0.2, -0.15) is 0 Å². The van der Waals surface area contributed by atoms with Gasteiger partial charge in [0.25, 0.3) is 0 Å². The molecule has 0 amide bonds. The molecule has 0 unspecified atom stereocenters. The zero-order valence-corrected chi connectivity index (χ0v) is 13.6. The standard InChI is InChI=1S/C6H8O7.Cu.2Na/c7-3(8)1-6(13,5(11)12)2-4(9)10;;;/h13H,1-2H2,(H,7,8)(H,9,10)(H,11,12);;;/q;+2;2*+1/p-3. The number of hydrogen-bond donors (Lipinski definition) is 1. The summed E-state index contributed by atoms with van der Waals surface area (Å²) < 4.78 is 0. The largest absolute Gasteiger partial charge is 2.00 e. The quantitative estimate of drug-likeness (QED) is 0.497. The average molecular weight is 299 g/mol. The van der Waals surface area contributed by atoms with Gasteiger partial charge in [-0.05, 0) is 0 Å². The molecule has 0 saturated heterocycles. The SMILES string of the molecule is O=C([O-])CC(O)(CC(=O)[O-])C(=O)[O-].[Cu+2].[Na+].[Na+]. The molecule has 10 heteroatoms. The van der Waals surface area contributed by atoms with Gasteiger partial charge in [0.05, 0.1) is 5.97 Å². The van der Waals surface area contributed by atoms with Crippen molar-refractivity contribution in [2.24, 2.45) is 0 Å². The summed E-state index contributed by atoms with van der Waals surface area (Å²) in [6.07, 6.45) is -2.72. The summed E-state index contributed by atoms with van der Waals surface area (Å²) in [5, 5.41) is 38.9. The van der Waals surface area contributed by atoms with E-state index in [4.69, 9.17) is 5.11 Å². The molecule has 1 N–H and O–H groups in total. The summed E-state index contributed by atoms with van der Waals surface area (Å²) in [4.78, 5) is 30.0. The van der Waals surface area contributed by atoms with Crippen LogP contribution in [-0.2, 0) is 31.5 Å². The predicted molar refractivity (Wildman–Crippen MR) is 29.2 cm³/mol. The molecule has 1 radical (unpaired) electrons. The van der Waals surface area contributed by atoms with Crippen molar-refractivity contribution in [3.8, 4) is 0 Å².